The number of aromatic nitrogens is 5. The predicted molar refractivity (Wildman–Crippen MR) is 138 cm³/mol. The van der Waals surface area contributed by atoms with Gasteiger partial charge >= 0.3 is 0 Å². The van der Waals surface area contributed by atoms with Gasteiger partial charge in [-0.2, -0.15) is 0 Å². The Hall–Kier alpha value is -3.28. The van der Waals surface area contributed by atoms with Crippen LogP contribution in [-0.2, 0) is 6.42 Å². The van der Waals surface area contributed by atoms with Crippen molar-refractivity contribution in [2.24, 2.45) is 10.4 Å². The molecule has 0 unspecified atom stereocenters. The number of aliphatic imine (C=N–C) groups is 1. The largest absolute Gasteiger partial charge is 0.426 e. The van der Waals surface area contributed by atoms with Gasteiger partial charge < -0.3 is 4.42 Å². The minimum atomic E-state index is -0.357. The zero-order valence-corrected chi connectivity index (χ0v) is 22.0. The molecule has 1 atom stereocenters. The predicted octanol–water partition coefficient (Wildman–Crippen LogP) is 5.82. The molecule has 1 aliphatic rings. The smallest absolute Gasteiger partial charge is 0.219 e. The maximum Gasteiger partial charge on any atom is 0.219 e. The SMILES string of the molecule is Cc1nnc(C[C@@H]2N=C(c3ccc(Cl)cc3)c3c(sc(C#CC(C)(C)C)c3C)-n3c(C)nnc32)o1. The first-order valence-electron chi connectivity index (χ1n) is 11.3. The van der Waals surface area contributed by atoms with Crippen molar-refractivity contribution in [2.75, 3.05) is 0 Å². The molecule has 9 heteroatoms. The van der Waals surface area contributed by atoms with Gasteiger partial charge in [-0.15, -0.1) is 31.7 Å². The van der Waals surface area contributed by atoms with Crippen LogP contribution in [0.2, 0.25) is 5.02 Å². The van der Waals surface area contributed by atoms with Crippen LogP contribution in [0.5, 0.6) is 0 Å². The molecule has 0 N–H and O–H groups in total. The molecule has 0 bridgehead atoms. The first-order chi connectivity index (χ1) is 16.6. The van der Waals surface area contributed by atoms with Crippen molar-refractivity contribution in [3.8, 4) is 16.8 Å². The van der Waals surface area contributed by atoms with Gasteiger partial charge in [-0.1, -0.05) is 35.6 Å². The second-order valence-corrected chi connectivity index (χ2v) is 11.0. The maximum absolute atomic E-state index is 6.21. The molecule has 0 fully saturated rings. The van der Waals surface area contributed by atoms with Gasteiger partial charge in [-0.3, -0.25) is 9.56 Å². The van der Waals surface area contributed by atoms with Crippen molar-refractivity contribution in [3.63, 3.8) is 0 Å². The quantitative estimate of drug-likeness (QED) is 0.328. The molecule has 35 heavy (non-hydrogen) atoms. The fraction of sp³-hybridized carbons (Fsp3) is 0.346. The zero-order valence-electron chi connectivity index (χ0n) is 20.5. The third kappa shape index (κ3) is 4.54. The van der Waals surface area contributed by atoms with Gasteiger partial charge in [0, 0.05) is 28.5 Å². The third-order valence-electron chi connectivity index (χ3n) is 5.61. The van der Waals surface area contributed by atoms with Crippen molar-refractivity contribution < 1.29 is 4.42 Å². The van der Waals surface area contributed by atoms with Crippen molar-refractivity contribution in [2.45, 2.75) is 54.0 Å². The molecule has 0 radical (unpaired) electrons. The summed E-state index contributed by atoms with van der Waals surface area (Å²) in [5, 5.41) is 18.8. The fourth-order valence-electron chi connectivity index (χ4n) is 3.97. The summed E-state index contributed by atoms with van der Waals surface area (Å²) >= 11 is 7.85. The van der Waals surface area contributed by atoms with Crippen molar-refractivity contribution in [1.29, 1.82) is 0 Å². The number of hydrogen-bond donors (Lipinski definition) is 0. The lowest BCUT2D eigenvalue weighted by molar-refractivity contribution is 0.447. The number of thiophene rings is 1. The summed E-state index contributed by atoms with van der Waals surface area (Å²) in [6.07, 6.45) is 0.417. The van der Waals surface area contributed by atoms with Gasteiger partial charge in [-0.25, -0.2) is 0 Å². The van der Waals surface area contributed by atoms with Crippen LogP contribution < -0.4 is 0 Å². The van der Waals surface area contributed by atoms with Gasteiger partial charge in [-0.05, 0) is 52.3 Å². The van der Waals surface area contributed by atoms with Gasteiger partial charge in [0.2, 0.25) is 11.8 Å². The summed E-state index contributed by atoms with van der Waals surface area (Å²) < 4.78 is 7.78. The van der Waals surface area contributed by atoms with Crippen molar-refractivity contribution >= 4 is 28.6 Å². The lowest BCUT2D eigenvalue weighted by atomic mass is 9.97. The molecule has 0 amide bonds. The number of aryl methyl sites for hydroxylation is 2. The van der Waals surface area contributed by atoms with Crippen LogP contribution in [0.25, 0.3) is 5.00 Å². The van der Waals surface area contributed by atoms with E-state index in [0.29, 0.717) is 23.2 Å². The number of fused-ring (bicyclic) bond motifs is 3. The van der Waals surface area contributed by atoms with E-state index < -0.39 is 0 Å². The standard InChI is InChI=1S/C26H25ClN6OS/c1-14-20(11-12-26(4,5)6)35-25-22(14)23(17-7-9-18(27)10-8-17)28-19(13-21-31-30-16(3)34-21)24-32-29-15(2)33(24)25/h7-10,19H,13H2,1-6H3/t19-/m0/s1. The number of hydrogen-bond acceptors (Lipinski definition) is 7. The highest BCUT2D eigenvalue weighted by Crippen LogP contribution is 2.39. The lowest BCUT2D eigenvalue weighted by Crippen LogP contribution is -2.09. The molecule has 0 spiro atoms. The molecular formula is C26H25ClN6OS. The highest BCUT2D eigenvalue weighted by atomic mass is 35.5. The summed E-state index contributed by atoms with van der Waals surface area (Å²) in [6.45, 7) is 12.2. The molecule has 7 nitrogen and oxygen atoms in total. The van der Waals surface area contributed by atoms with Crippen LogP contribution in [0, 0.1) is 38.0 Å². The summed E-state index contributed by atoms with van der Waals surface area (Å²) in [6, 6.07) is 7.40. The van der Waals surface area contributed by atoms with E-state index in [1.807, 2.05) is 31.2 Å². The van der Waals surface area contributed by atoms with Gasteiger partial charge in [0.15, 0.2) is 5.82 Å². The molecule has 1 aromatic carbocycles. The summed E-state index contributed by atoms with van der Waals surface area (Å²) in [5.41, 5.74) is 3.84. The van der Waals surface area contributed by atoms with Crippen LogP contribution in [0.15, 0.2) is 33.7 Å². The van der Waals surface area contributed by atoms with E-state index in [1.165, 1.54) is 0 Å². The summed E-state index contributed by atoms with van der Waals surface area (Å²) in [7, 11) is 0. The Morgan fingerprint density at radius 3 is 2.46 bits per heavy atom. The Morgan fingerprint density at radius 1 is 1.06 bits per heavy atom. The van der Waals surface area contributed by atoms with E-state index in [1.54, 1.807) is 18.3 Å². The highest BCUT2D eigenvalue weighted by molar-refractivity contribution is 7.15. The molecular weight excluding hydrogens is 480 g/mol. The average molecular weight is 505 g/mol. The van der Waals surface area contributed by atoms with Crippen LogP contribution in [0.3, 0.4) is 0 Å². The topological polar surface area (TPSA) is 82.0 Å². The van der Waals surface area contributed by atoms with E-state index >= 15 is 0 Å². The van der Waals surface area contributed by atoms with Gasteiger partial charge in [0.25, 0.3) is 0 Å². The molecule has 5 rings (SSSR count). The number of rotatable bonds is 3. The minimum Gasteiger partial charge on any atom is -0.426 e. The lowest BCUT2D eigenvalue weighted by Gasteiger charge is -2.11. The van der Waals surface area contributed by atoms with E-state index in [0.717, 1.165) is 43.9 Å². The van der Waals surface area contributed by atoms with Gasteiger partial charge in [0.1, 0.15) is 16.9 Å². The summed E-state index contributed by atoms with van der Waals surface area (Å²) in [5.74, 6) is 9.35. The number of nitrogens with zero attached hydrogens (tertiary/aromatic N) is 6. The third-order valence-corrected chi connectivity index (χ3v) is 7.05. The van der Waals surface area contributed by atoms with Crippen molar-refractivity contribution in [3.05, 3.63) is 74.3 Å². The molecule has 3 aromatic heterocycles. The Balaban J connectivity index is 1.76. The van der Waals surface area contributed by atoms with Crippen LogP contribution in [0.4, 0.5) is 0 Å². The molecule has 1 aliphatic heterocycles. The molecule has 0 aliphatic carbocycles. The fourth-order valence-corrected chi connectivity index (χ4v) is 5.32. The highest BCUT2D eigenvalue weighted by Gasteiger charge is 2.32. The number of benzene rings is 1. The number of halogens is 1. The Labute approximate surface area is 213 Å². The average Bonchev–Trinajstić information content (AvgIpc) is 3.44. The van der Waals surface area contributed by atoms with E-state index in [9.17, 15) is 0 Å². The minimum absolute atomic E-state index is 0.105. The Kier molecular flexibility index (Phi) is 5.86. The zero-order chi connectivity index (χ0) is 24.9. The Bertz CT molecular complexity index is 1510. The van der Waals surface area contributed by atoms with E-state index in [-0.39, 0.29) is 11.5 Å². The molecule has 178 valence electrons. The Morgan fingerprint density at radius 2 is 1.80 bits per heavy atom. The molecule has 4 aromatic rings. The van der Waals surface area contributed by atoms with Gasteiger partial charge in [0.05, 0.1) is 17.0 Å². The first kappa shape index (κ1) is 23.5. The molecule has 0 saturated carbocycles. The second-order valence-electron chi connectivity index (χ2n) is 9.60. The molecule has 4 heterocycles. The normalized spacial score (nSPS) is 15.1. The van der Waals surface area contributed by atoms with Crippen LogP contribution in [0.1, 0.15) is 71.8 Å². The monoisotopic (exact) mass is 504 g/mol. The van der Waals surface area contributed by atoms with E-state index in [4.69, 9.17) is 21.0 Å². The first-order valence-corrected chi connectivity index (χ1v) is 12.5. The van der Waals surface area contributed by atoms with Crippen LogP contribution in [-0.4, -0.2) is 30.7 Å². The summed E-state index contributed by atoms with van der Waals surface area (Å²) in [4.78, 5) is 6.25. The van der Waals surface area contributed by atoms with E-state index in [2.05, 4.69) is 64.5 Å². The maximum atomic E-state index is 6.21. The second kappa shape index (κ2) is 8.74. The molecule has 0 saturated heterocycles. The van der Waals surface area contributed by atoms with Crippen molar-refractivity contribution in [1.82, 2.24) is 25.0 Å². The van der Waals surface area contributed by atoms with Crippen LogP contribution >= 0.6 is 22.9 Å².